The van der Waals surface area contributed by atoms with E-state index in [1.54, 1.807) is 23.1 Å². The topological polar surface area (TPSA) is 62.3 Å². The van der Waals surface area contributed by atoms with Crippen molar-refractivity contribution < 1.29 is 9.59 Å². The van der Waals surface area contributed by atoms with Crippen LogP contribution in [0.2, 0.25) is 0 Å². The van der Waals surface area contributed by atoms with E-state index in [4.69, 9.17) is 0 Å². The number of pyridine rings is 1. The Balaban J connectivity index is 1.73. The molecular weight excluding hydrogens is 362 g/mol. The maximum Gasteiger partial charge on any atom is 0.274 e. The summed E-state index contributed by atoms with van der Waals surface area (Å²) in [7, 11) is 0. The molecule has 0 fully saturated rings. The molecule has 3 rings (SSSR count). The zero-order chi connectivity index (χ0) is 20.6. The monoisotopic (exact) mass is 387 g/mol. The van der Waals surface area contributed by atoms with Crippen molar-refractivity contribution in [2.24, 2.45) is 0 Å². The number of benzene rings is 2. The van der Waals surface area contributed by atoms with Gasteiger partial charge in [-0.15, -0.1) is 0 Å². The minimum absolute atomic E-state index is 0.196. The van der Waals surface area contributed by atoms with Gasteiger partial charge in [0, 0.05) is 18.8 Å². The number of hydrogen-bond donors (Lipinski definition) is 1. The first-order valence-electron chi connectivity index (χ1n) is 9.81. The van der Waals surface area contributed by atoms with Gasteiger partial charge in [-0.1, -0.05) is 55.5 Å². The molecule has 0 saturated heterocycles. The number of hydrogen-bond acceptors (Lipinski definition) is 3. The molecule has 148 valence electrons. The molecule has 0 aliphatic carbocycles. The first-order valence-corrected chi connectivity index (χ1v) is 9.81. The molecule has 0 bridgehead atoms. The van der Waals surface area contributed by atoms with Gasteiger partial charge >= 0.3 is 0 Å². The number of aromatic nitrogens is 1. The molecule has 2 amide bonds. The van der Waals surface area contributed by atoms with Crippen LogP contribution in [0.15, 0.2) is 72.8 Å². The van der Waals surface area contributed by atoms with Crippen LogP contribution in [0, 0.1) is 0 Å². The molecule has 0 atom stereocenters. The van der Waals surface area contributed by atoms with Gasteiger partial charge < -0.3 is 10.2 Å². The van der Waals surface area contributed by atoms with Crippen molar-refractivity contribution in [1.82, 2.24) is 9.88 Å². The summed E-state index contributed by atoms with van der Waals surface area (Å²) in [5.41, 5.74) is 3.42. The molecule has 2 aromatic carbocycles. The van der Waals surface area contributed by atoms with Gasteiger partial charge in [0.15, 0.2) is 0 Å². The molecule has 1 aromatic heterocycles. The third kappa shape index (κ3) is 5.29. The van der Waals surface area contributed by atoms with Crippen molar-refractivity contribution in [2.75, 3.05) is 11.9 Å². The van der Waals surface area contributed by atoms with Crippen molar-refractivity contribution >= 4 is 17.5 Å². The Hall–Kier alpha value is -3.47. The molecule has 1 N–H and O–H groups in total. The van der Waals surface area contributed by atoms with Gasteiger partial charge in [0.1, 0.15) is 11.4 Å². The number of nitrogens with one attached hydrogen (secondary N) is 1. The largest absolute Gasteiger partial charge is 0.333 e. The highest BCUT2D eigenvalue weighted by molar-refractivity contribution is 6.03. The lowest BCUT2D eigenvalue weighted by molar-refractivity contribution is 0.0746. The Morgan fingerprint density at radius 1 is 0.828 bits per heavy atom. The van der Waals surface area contributed by atoms with E-state index in [9.17, 15) is 9.59 Å². The van der Waals surface area contributed by atoms with E-state index >= 15 is 0 Å². The lowest BCUT2D eigenvalue weighted by atomic mass is 10.1. The van der Waals surface area contributed by atoms with Crippen LogP contribution in [0.25, 0.3) is 0 Å². The Morgan fingerprint density at radius 2 is 1.52 bits per heavy atom. The fourth-order valence-electron chi connectivity index (χ4n) is 2.99. The molecular formula is C24H25N3O2. The van der Waals surface area contributed by atoms with E-state index < -0.39 is 0 Å². The average Bonchev–Trinajstić information content (AvgIpc) is 2.78. The van der Waals surface area contributed by atoms with E-state index in [0.29, 0.717) is 18.8 Å². The van der Waals surface area contributed by atoms with Crippen LogP contribution in [0.1, 0.15) is 46.0 Å². The van der Waals surface area contributed by atoms with Crippen LogP contribution >= 0.6 is 0 Å². The van der Waals surface area contributed by atoms with Crippen LogP contribution in [0.3, 0.4) is 0 Å². The number of amides is 2. The highest BCUT2D eigenvalue weighted by atomic mass is 16.2. The van der Waals surface area contributed by atoms with Crippen molar-refractivity contribution in [3.05, 3.63) is 95.3 Å². The highest BCUT2D eigenvalue weighted by Gasteiger charge is 2.18. The molecule has 0 unspecified atom stereocenters. The van der Waals surface area contributed by atoms with Gasteiger partial charge in [-0.05, 0) is 48.7 Å². The molecule has 0 spiro atoms. The van der Waals surface area contributed by atoms with Crippen LogP contribution in [-0.4, -0.2) is 28.2 Å². The van der Waals surface area contributed by atoms with Gasteiger partial charge in [0.05, 0.1) is 0 Å². The smallest absolute Gasteiger partial charge is 0.274 e. The van der Waals surface area contributed by atoms with E-state index in [-0.39, 0.29) is 23.2 Å². The lowest BCUT2D eigenvalue weighted by Gasteiger charge is -2.20. The predicted molar refractivity (Wildman–Crippen MR) is 115 cm³/mol. The minimum atomic E-state index is -0.338. The summed E-state index contributed by atoms with van der Waals surface area (Å²) in [4.78, 5) is 31.5. The van der Waals surface area contributed by atoms with Gasteiger partial charge in [0.2, 0.25) is 0 Å². The standard InChI is InChI=1S/C24H25N3O2/c1-3-18-13-15-20(16-14-18)25-23(28)21-11-8-12-22(26-21)24(29)27(4-2)17-19-9-6-5-7-10-19/h5-16H,3-4,17H2,1-2H3,(H,25,28). The Kier molecular flexibility index (Phi) is 6.74. The highest BCUT2D eigenvalue weighted by Crippen LogP contribution is 2.13. The zero-order valence-electron chi connectivity index (χ0n) is 16.8. The molecule has 0 aliphatic rings. The summed E-state index contributed by atoms with van der Waals surface area (Å²) in [5, 5.41) is 2.83. The SMILES string of the molecule is CCc1ccc(NC(=O)c2cccc(C(=O)N(CC)Cc3ccccc3)n2)cc1. The average molecular weight is 387 g/mol. The Bertz CT molecular complexity index is 969. The number of carbonyl (C=O) groups is 2. The molecule has 3 aromatic rings. The Morgan fingerprint density at radius 3 is 2.17 bits per heavy atom. The van der Waals surface area contributed by atoms with Crippen molar-refractivity contribution in [1.29, 1.82) is 0 Å². The number of anilines is 1. The van der Waals surface area contributed by atoms with Gasteiger partial charge in [0.25, 0.3) is 11.8 Å². The Labute approximate surface area is 171 Å². The quantitative estimate of drug-likeness (QED) is 0.646. The van der Waals surface area contributed by atoms with Crippen molar-refractivity contribution in [3.8, 4) is 0 Å². The van der Waals surface area contributed by atoms with Crippen molar-refractivity contribution in [3.63, 3.8) is 0 Å². The summed E-state index contributed by atoms with van der Waals surface area (Å²) in [6, 6.07) is 22.4. The number of carbonyl (C=O) groups excluding carboxylic acids is 2. The first kappa shape index (κ1) is 20.3. The minimum Gasteiger partial charge on any atom is -0.333 e. The molecule has 5 nitrogen and oxygen atoms in total. The maximum absolute atomic E-state index is 12.9. The van der Waals surface area contributed by atoms with Gasteiger partial charge in [-0.2, -0.15) is 0 Å². The van der Waals surface area contributed by atoms with Crippen LogP contribution in [0.5, 0.6) is 0 Å². The molecule has 1 heterocycles. The van der Waals surface area contributed by atoms with Crippen molar-refractivity contribution in [2.45, 2.75) is 26.8 Å². The fraction of sp³-hybridized carbons (Fsp3) is 0.208. The third-order valence-corrected chi connectivity index (χ3v) is 4.71. The third-order valence-electron chi connectivity index (χ3n) is 4.71. The van der Waals surface area contributed by atoms with E-state index in [2.05, 4.69) is 17.2 Å². The second-order valence-corrected chi connectivity index (χ2v) is 6.72. The molecule has 29 heavy (non-hydrogen) atoms. The molecule has 0 saturated carbocycles. The first-order chi connectivity index (χ1) is 14.1. The second-order valence-electron chi connectivity index (χ2n) is 6.72. The summed E-state index contributed by atoms with van der Waals surface area (Å²) < 4.78 is 0. The number of rotatable bonds is 7. The number of nitrogens with zero attached hydrogens (tertiary/aromatic N) is 2. The van der Waals surface area contributed by atoms with E-state index in [0.717, 1.165) is 12.0 Å². The fourth-order valence-corrected chi connectivity index (χ4v) is 2.99. The van der Waals surface area contributed by atoms with E-state index in [1.165, 1.54) is 5.56 Å². The summed E-state index contributed by atoms with van der Waals surface area (Å²) >= 11 is 0. The van der Waals surface area contributed by atoms with Gasteiger partial charge in [-0.25, -0.2) is 4.98 Å². The molecule has 5 heteroatoms. The summed E-state index contributed by atoms with van der Waals surface area (Å²) in [5.74, 6) is -0.534. The summed E-state index contributed by atoms with van der Waals surface area (Å²) in [6.07, 6.45) is 0.941. The van der Waals surface area contributed by atoms with Gasteiger partial charge in [-0.3, -0.25) is 9.59 Å². The predicted octanol–water partition coefficient (Wildman–Crippen LogP) is 4.56. The maximum atomic E-state index is 12.9. The van der Waals surface area contributed by atoms with Crippen LogP contribution < -0.4 is 5.32 Å². The van der Waals surface area contributed by atoms with Crippen LogP contribution in [0.4, 0.5) is 5.69 Å². The van der Waals surface area contributed by atoms with E-state index in [1.807, 2.05) is 61.5 Å². The number of aryl methyl sites for hydroxylation is 1. The zero-order valence-corrected chi connectivity index (χ0v) is 16.8. The molecule has 0 radical (unpaired) electrons. The second kappa shape index (κ2) is 9.64. The summed E-state index contributed by atoms with van der Waals surface area (Å²) in [6.45, 7) is 5.06. The normalized spacial score (nSPS) is 10.4. The lowest BCUT2D eigenvalue weighted by Crippen LogP contribution is -2.31. The molecule has 0 aliphatic heterocycles. The van der Waals surface area contributed by atoms with Crippen LogP contribution in [-0.2, 0) is 13.0 Å².